The number of ether oxygens (including phenoxy) is 1. The van der Waals surface area contributed by atoms with Crippen LogP contribution in [0.3, 0.4) is 0 Å². The zero-order valence-corrected chi connectivity index (χ0v) is 14.3. The minimum absolute atomic E-state index is 0.217. The lowest BCUT2D eigenvalue weighted by molar-refractivity contribution is 0.0787. The first kappa shape index (κ1) is 16.3. The molecule has 0 fully saturated rings. The molecule has 124 valence electrons. The minimum Gasteiger partial charge on any atom is -0.494 e. The van der Waals surface area contributed by atoms with Gasteiger partial charge in [-0.3, -0.25) is 4.79 Å². The zero-order valence-electron chi connectivity index (χ0n) is 13.4. The summed E-state index contributed by atoms with van der Waals surface area (Å²) in [6.07, 6.45) is 0. The molecule has 3 aromatic rings. The Morgan fingerprint density at radius 2 is 2.12 bits per heavy atom. The van der Waals surface area contributed by atoms with Crippen LogP contribution in [0.15, 0.2) is 51.0 Å². The first-order valence-corrected chi connectivity index (χ1v) is 8.45. The molecule has 0 saturated carbocycles. The first-order valence-electron chi connectivity index (χ1n) is 7.57. The SMILES string of the molecule is CCOc1ccc2c(C(=O)N(C)Cc3cccs3)cc(=O)oc2c1. The largest absolute Gasteiger partial charge is 0.494 e. The van der Waals surface area contributed by atoms with E-state index >= 15 is 0 Å². The van der Waals surface area contributed by atoms with Crippen LogP contribution in [0.4, 0.5) is 0 Å². The lowest BCUT2D eigenvalue weighted by Crippen LogP contribution is -2.26. The molecule has 0 bridgehead atoms. The number of rotatable bonds is 5. The van der Waals surface area contributed by atoms with E-state index < -0.39 is 5.63 Å². The molecule has 24 heavy (non-hydrogen) atoms. The Morgan fingerprint density at radius 1 is 1.29 bits per heavy atom. The van der Waals surface area contributed by atoms with E-state index in [9.17, 15) is 9.59 Å². The quantitative estimate of drug-likeness (QED) is 0.665. The van der Waals surface area contributed by atoms with Crippen LogP contribution < -0.4 is 10.4 Å². The Morgan fingerprint density at radius 3 is 2.83 bits per heavy atom. The molecule has 2 heterocycles. The van der Waals surface area contributed by atoms with Crippen LogP contribution in [0.25, 0.3) is 11.0 Å². The summed E-state index contributed by atoms with van der Waals surface area (Å²) in [5, 5.41) is 2.57. The predicted molar refractivity (Wildman–Crippen MR) is 93.8 cm³/mol. The van der Waals surface area contributed by atoms with Crippen LogP contribution in [0, 0.1) is 0 Å². The monoisotopic (exact) mass is 343 g/mol. The predicted octanol–water partition coefficient (Wildman–Crippen LogP) is 3.53. The smallest absolute Gasteiger partial charge is 0.337 e. The van der Waals surface area contributed by atoms with Crippen LogP contribution >= 0.6 is 11.3 Å². The van der Waals surface area contributed by atoms with Crippen LogP contribution in [-0.2, 0) is 6.54 Å². The van der Waals surface area contributed by atoms with Gasteiger partial charge < -0.3 is 14.1 Å². The molecule has 0 atom stereocenters. The second kappa shape index (κ2) is 6.88. The van der Waals surface area contributed by atoms with Gasteiger partial charge in [-0.2, -0.15) is 0 Å². The average Bonchev–Trinajstić information content (AvgIpc) is 3.06. The van der Waals surface area contributed by atoms with E-state index in [-0.39, 0.29) is 5.91 Å². The molecule has 0 aliphatic carbocycles. The molecular weight excluding hydrogens is 326 g/mol. The van der Waals surface area contributed by atoms with Gasteiger partial charge in [-0.25, -0.2) is 4.79 Å². The highest BCUT2D eigenvalue weighted by molar-refractivity contribution is 7.09. The molecule has 5 nitrogen and oxygen atoms in total. The summed E-state index contributed by atoms with van der Waals surface area (Å²) in [5.74, 6) is 0.384. The summed E-state index contributed by atoms with van der Waals surface area (Å²) >= 11 is 1.59. The minimum atomic E-state index is -0.552. The number of nitrogens with zero attached hydrogens (tertiary/aromatic N) is 1. The molecule has 2 aromatic heterocycles. The van der Waals surface area contributed by atoms with Crippen LogP contribution in [0.1, 0.15) is 22.2 Å². The number of fused-ring (bicyclic) bond motifs is 1. The number of hydrogen-bond donors (Lipinski definition) is 0. The Hall–Kier alpha value is -2.60. The number of amides is 1. The Balaban J connectivity index is 1.98. The molecule has 0 radical (unpaired) electrons. The molecular formula is C18H17NO4S. The van der Waals surface area contributed by atoms with Crippen molar-refractivity contribution in [1.82, 2.24) is 4.90 Å². The van der Waals surface area contributed by atoms with Gasteiger partial charge in [-0.05, 0) is 30.5 Å². The van der Waals surface area contributed by atoms with Crippen molar-refractivity contribution in [2.45, 2.75) is 13.5 Å². The van der Waals surface area contributed by atoms with Gasteiger partial charge in [0, 0.05) is 29.4 Å². The number of thiophene rings is 1. The normalized spacial score (nSPS) is 10.8. The average molecular weight is 343 g/mol. The first-order chi connectivity index (χ1) is 11.6. The highest BCUT2D eigenvalue weighted by atomic mass is 32.1. The van der Waals surface area contributed by atoms with Gasteiger partial charge in [0.25, 0.3) is 5.91 Å². The molecule has 0 aliphatic rings. The van der Waals surface area contributed by atoms with E-state index in [1.54, 1.807) is 41.5 Å². The van der Waals surface area contributed by atoms with Crippen molar-refractivity contribution in [3.8, 4) is 5.75 Å². The maximum Gasteiger partial charge on any atom is 0.337 e. The van der Waals surface area contributed by atoms with Gasteiger partial charge in [0.15, 0.2) is 0 Å². The molecule has 1 amide bonds. The van der Waals surface area contributed by atoms with Gasteiger partial charge in [0.2, 0.25) is 0 Å². The summed E-state index contributed by atoms with van der Waals surface area (Å²) in [6, 6.07) is 10.3. The Labute approximate surface area is 143 Å². The molecule has 6 heteroatoms. The lowest BCUT2D eigenvalue weighted by Gasteiger charge is -2.17. The summed E-state index contributed by atoms with van der Waals surface area (Å²) < 4.78 is 10.6. The summed E-state index contributed by atoms with van der Waals surface area (Å²) in [6.45, 7) is 2.88. The maximum atomic E-state index is 12.8. The van der Waals surface area contributed by atoms with E-state index in [0.29, 0.717) is 35.4 Å². The maximum absolute atomic E-state index is 12.8. The third-order valence-electron chi connectivity index (χ3n) is 3.58. The summed E-state index contributed by atoms with van der Waals surface area (Å²) in [7, 11) is 1.72. The molecule has 0 spiro atoms. The van der Waals surface area contributed by atoms with Crippen molar-refractivity contribution < 1.29 is 13.9 Å². The van der Waals surface area contributed by atoms with Gasteiger partial charge in [0.05, 0.1) is 18.7 Å². The van der Waals surface area contributed by atoms with Crippen LogP contribution in [0.2, 0.25) is 0 Å². The third kappa shape index (κ3) is 3.33. The van der Waals surface area contributed by atoms with Crippen molar-refractivity contribution >= 4 is 28.2 Å². The van der Waals surface area contributed by atoms with Gasteiger partial charge in [0.1, 0.15) is 11.3 Å². The lowest BCUT2D eigenvalue weighted by atomic mass is 10.1. The number of benzene rings is 1. The molecule has 0 unspecified atom stereocenters. The Kier molecular flexibility index (Phi) is 4.66. The summed E-state index contributed by atoms with van der Waals surface area (Å²) in [4.78, 5) is 27.3. The standard InChI is InChI=1S/C18H17NO4S/c1-3-22-12-6-7-14-15(10-17(20)23-16(14)9-12)18(21)19(2)11-13-5-4-8-24-13/h4-10H,3,11H2,1-2H3. The number of hydrogen-bond acceptors (Lipinski definition) is 5. The molecule has 0 N–H and O–H groups in total. The fourth-order valence-electron chi connectivity index (χ4n) is 2.49. The van der Waals surface area contributed by atoms with Crippen molar-refractivity contribution in [2.75, 3.05) is 13.7 Å². The molecule has 1 aromatic carbocycles. The second-order valence-corrected chi connectivity index (χ2v) is 6.34. The van der Waals surface area contributed by atoms with E-state index in [2.05, 4.69) is 0 Å². The van der Waals surface area contributed by atoms with Crippen LogP contribution in [-0.4, -0.2) is 24.5 Å². The molecule has 3 rings (SSSR count). The van der Waals surface area contributed by atoms with Crippen molar-refractivity contribution in [1.29, 1.82) is 0 Å². The zero-order chi connectivity index (χ0) is 17.1. The third-order valence-corrected chi connectivity index (χ3v) is 4.44. The van der Waals surface area contributed by atoms with E-state index in [0.717, 1.165) is 4.88 Å². The molecule has 0 aliphatic heterocycles. The second-order valence-electron chi connectivity index (χ2n) is 5.31. The van der Waals surface area contributed by atoms with E-state index in [1.165, 1.54) is 6.07 Å². The van der Waals surface area contributed by atoms with Gasteiger partial charge in [-0.15, -0.1) is 11.3 Å². The van der Waals surface area contributed by atoms with Gasteiger partial charge in [-0.1, -0.05) is 6.07 Å². The fraction of sp³-hybridized carbons (Fsp3) is 0.222. The van der Waals surface area contributed by atoms with Crippen LogP contribution in [0.5, 0.6) is 5.75 Å². The summed E-state index contributed by atoms with van der Waals surface area (Å²) in [5.41, 5.74) is 0.133. The van der Waals surface area contributed by atoms with Gasteiger partial charge >= 0.3 is 5.63 Å². The topological polar surface area (TPSA) is 59.8 Å². The van der Waals surface area contributed by atoms with Crippen molar-refractivity contribution in [3.63, 3.8) is 0 Å². The van der Waals surface area contributed by atoms with E-state index in [4.69, 9.17) is 9.15 Å². The van der Waals surface area contributed by atoms with Crippen molar-refractivity contribution in [2.24, 2.45) is 0 Å². The van der Waals surface area contributed by atoms with Crippen molar-refractivity contribution in [3.05, 3.63) is 62.6 Å². The number of carbonyl (C=O) groups is 1. The van der Waals surface area contributed by atoms with E-state index in [1.807, 2.05) is 24.4 Å². The highest BCUT2D eigenvalue weighted by Crippen LogP contribution is 2.24. The Bertz CT molecular complexity index is 914. The highest BCUT2D eigenvalue weighted by Gasteiger charge is 2.18. The fourth-order valence-corrected chi connectivity index (χ4v) is 3.25. The number of carbonyl (C=O) groups excluding carboxylic acids is 1. The molecule has 0 saturated heterocycles.